The highest BCUT2D eigenvalue weighted by atomic mass is 32.2. The molecule has 2 aliphatic rings. The van der Waals surface area contributed by atoms with Crippen molar-refractivity contribution in [3.63, 3.8) is 0 Å². The van der Waals surface area contributed by atoms with Crippen molar-refractivity contribution in [3.8, 4) is 0 Å². The summed E-state index contributed by atoms with van der Waals surface area (Å²) in [5.41, 5.74) is 4.81. The summed E-state index contributed by atoms with van der Waals surface area (Å²) in [6.07, 6.45) is 9.05. The molecule has 0 unspecified atom stereocenters. The van der Waals surface area contributed by atoms with Crippen molar-refractivity contribution in [3.05, 3.63) is 45.8 Å². The Morgan fingerprint density at radius 1 is 1.03 bits per heavy atom. The van der Waals surface area contributed by atoms with Crippen LogP contribution in [0.4, 0.5) is 0 Å². The first kappa shape index (κ1) is 24.7. The van der Waals surface area contributed by atoms with Gasteiger partial charge in [-0.1, -0.05) is 41.8 Å². The zero-order valence-electron chi connectivity index (χ0n) is 20.6. The molecule has 0 bridgehead atoms. The number of hydrogen-bond donors (Lipinski definition) is 1. The molecule has 1 N–H and O–H groups in total. The summed E-state index contributed by atoms with van der Waals surface area (Å²) in [7, 11) is -3.79. The largest absolute Gasteiger partial charge is 0.355 e. The van der Waals surface area contributed by atoms with Gasteiger partial charge in [-0.2, -0.15) is 4.31 Å². The van der Waals surface area contributed by atoms with Crippen LogP contribution in [-0.4, -0.2) is 42.9 Å². The fraction of sp³-hybridized carbons (Fsp3) is 0.538. The van der Waals surface area contributed by atoms with Crippen molar-refractivity contribution in [2.75, 3.05) is 13.1 Å². The molecule has 2 fully saturated rings. The van der Waals surface area contributed by atoms with E-state index >= 15 is 0 Å². The zero-order chi connectivity index (χ0) is 24.5. The van der Waals surface area contributed by atoms with Crippen molar-refractivity contribution < 1.29 is 17.7 Å². The number of benzene rings is 1. The molecule has 1 aromatic carbocycles. The van der Waals surface area contributed by atoms with Crippen LogP contribution < -0.4 is 5.32 Å². The Hall–Kier alpha value is -2.45. The Morgan fingerprint density at radius 2 is 1.65 bits per heavy atom. The SMILES string of the molecule is Cc1cc(C)c(/C=C/c2onc(C)c2S(=O)(=O)N2CCC(C(=O)NC3CCCC3)CC2)c(C)c1. The van der Waals surface area contributed by atoms with Gasteiger partial charge in [0.25, 0.3) is 0 Å². The van der Waals surface area contributed by atoms with Crippen LogP contribution >= 0.6 is 0 Å². The second-order valence-electron chi connectivity index (χ2n) is 9.78. The number of hydrogen-bond acceptors (Lipinski definition) is 5. The van der Waals surface area contributed by atoms with Gasteiger partial charge in [0.2, 0.25) is 15.9 Å². The van der Waals surface area contributed by atoms with E-state index in [4.69, 9.17) is 4.52 Å². The lowest BCUT2D eigenvalue weighted by atomic mass is 9.97. The highest BCUT2D eigenvalue weighted by Gasteiger charge is 2.36. The Bertz CT molecular complexity index is 1160. The number of amides is 1. The molecule has 1 aliphatic carbocycles. The molecule has 8 heteroatoms. The number of aryl methyl sites for hydroxylation is 4. The monoisotopic (exact) mass is 485 g/mol. The fourth-order valence-corrected chi connectivity index (χ4v) is 7.01. The molecule has 2 aromatic rings. The molecular weight excluding hydrogens is 450 g/mol. The van der Waals surface area contributed by atoms with Crippen molar-refractivity contribution in [1.82, 2.24) is 14.8 Å². The molecule has 1 aliphatic heterocycles. The number of carbonyl (C=O) groups is 1. The zero-order valence-corrected chi connectivity index (χ0v) is 21.4. The molecule has 1 aromatic heterocycles. The first-order valence-corrected chi connectivity index (χ1v) is 13.6. The van der Waals surface area contributed by atoms with Gasteiger partial charge < -0.3 is 9.84 Å². The van der Waals surface area contributed by atoms with E-state index in [1.807, 2.05) is 19.9 Å². The first-order chi connectivity index (χ1) is 16.2. The van der Waals surface area contributed by atoms with Crippen molar-refractivity contribution in [2.24, 2.45) is 5.92 Å². The summed E-state index contributed by atoms with van der Waals surface area (Å²) in [4.78, 5) is 12.7. The highest BCUT2D eigenvalue weighted by molar-refractivity contribution is 7.89. The molecule has 1 saturated heterocycles. The van der Waals surface area contributed by atoms with Gasteiger partial charge in [-0.25, -0.2) is 8.42 Å². The van der Waals surface area contributed by atoms with Crippen LogP contribution in [-0.2, 0) is 14.8 Å². The number of nitrogens with zero attached hydrogens (tertiary/aromatic N) is 2. The molecule has 7 nitrogen and oxygen atoms in total. The Balaban J connectivity index is 1.48. The fourth-order valence-electron chi connectivity index (χ4n) is 5.29. The normalized spacial score (nSPS) is 18.7. The molecule has 0 spiro atoms. The van der Waals surface area contributed by atoms with E-state index in [1.165, 1.54) is 22.7 Å². The van der Waals surface area contributed by atoms with Crippen LogP contribution in [0, 0.1) is 33.6 Å². The lowest BCUT2D eigenvalue weighted by molar-refractivity contribution is -0.126. The van der Waals surface area contributed by atoms with Crippen molar-refractivity contribution >= 4 is 28.1 Å². The van der Waals surface area contributed by atoms with Crippen LogP contribution in [0.1, 0.15) is 72.2 Å². The average Bonchev–Trinajstić information content (AvgIpc) is 3.42. The van der Waals surface area contributed by atoms with Gasteiger partial charge >= 0.3 is 0 Å². The van der Waals surface area contributed by atoms with E-state index in [2.05, 4.69) is 29.5 Å². The summed E-state index contributed by atoms with van der Waals surface area (Å²) >= 11 is 0. The second kappa shape index (κ2) is 10.0. The Morgan fingerprint density at radius 3 is 2.26 bits per heavy atom. The summed E-state index contributed by atoms with van der Waals surface area (Å²) in [6, 6.07) is 4.48. The maximum absolute atomic E-state index is 13.5. The van der Waals surface area contributed by atoms with E-state index in [0.29, 0.717) is 31.6 Å². The molecule has 1 amide bonds. The van der Waals surface area contributed by atoms with Crippen LogP contribution in [0.5, 0.6) is 0 Å². The number of sulfonamides is 1. The smallest absolute Gasteiger partial charge is 0.248 e. The Labute approximate surface area is 202 Å². The average molecular weight is 486 g/mol. The standard InChI is InChI=1S/C26H35N3O4S/c1-17-15-18(2)23(19(3)16-17)9-10-24-25(20(4)28-33-24)34(31,32)29-13-11-21(12-14-29)26(30)27-22-7-5-6-8-22/h9-10,15-16,21-22H,5-8,11-14H2,1-4H3,(H,27,30)/b10-9+. The van der Waals surface area contributed by atoms with Gasteiger partial charge in [-0.3, -0.25) is 4.79 Å². The summed E-state index contributed by atoms with van der Waals surface area (Å²) < 4.78 is 33.9. The van der Waals surface area contributed by atoms with E-state index < -0.39 is 10.0 Å². The van der Waals surface area contributed by atoms with Gasteiger partial charge in [-0.15, -0.1) is 0 Å². The molecule has 4 rings (SSSR count). The number of piperidine rings is 1. The van der Waals surface area contributed by atoms with Crippen LogP contribution in [0.3, 0.4) is 0 Å². The molecule has 1 saturated carbocycles. The minimum atomic E-state index is -3.79. The predicted octanol–water partition coefficient (Wildman–Crippen LogP) is 4.54. The quantitative estimate of drug-likeness (QED) is 0.649. The third kappa shape index (κ3) is 5.13. The van der Waals surface area contributed by atoms with Gasteiger partial charge in [0.1, 0.15) is 5.69 Å². The van der Waals surface area contributed by atoms with Gasteiger partial charge in [-0.05, 0) is 76.1 Å². The number of carbonyl (C=O) groups excluding carboxylic acids is 1. The maximum Gasteiger partial charge on any atom is 0.248 e. The van der Waals surface area contributed by atoms with Crippen LogP contribution in [0.15, 0.2) is 21.6 Å². The number of aromatic nitrogens is 1. The number of nitrogens with one attached hydrogen (secondary N) is 1. The van der Waals surface area contributed by atoms with Crippen LogP contribution in [0.2, 0.25) is 0 Å². The van der Waals surface area contributed by atoms with Gasteiger partial charge in [0.15, 0.2) is 10.7 Å². The minimum absolute atomic E-state index is 0.0672. The molecule has 0 radical (unpaired) electrons. The summed E-state index contributed by atoms with van der Waals surface area (Å²) in [6.45, 7) is 8.41. The lowest BCUT2D eigenvalue weighted by Gasteiger charge is -2.31. The van der Waals surface area contributed by atoms with E-state index in [0.717, 1.165) is 29.5 Å². The Kier molecular flexibility index (Phi) is 7.28. The van der Waals surface area contributed by atoms with E-state index in [1.54, 1.807) is 13.0 Å². The summed E-state index contributed by atoms with van der Waals surface area (Å²) in [5, 5.41) is 7.10. The van der Waals surface area contributed by atoms with Crippen LogP contribution in [0.25, 0.3) is 12.2 Å². The second-order valence-corrected chi connectivity index (χ2v) is 11.7. The predicted molar refractivity (Wildman–Crippen MR) is 133 cm³/mol. The number of rotatable bonds is 6. The van der Waals surface area contributed by atoms with E-state index in [9.17, 15) is 13.2 Å². The van der Waals surface area contributed by atoms with Gasteiger partial charge in [0.05, 0.1) is 0 Å². The first-order valence-electron chi connectivity index (χ1n) is 12.2. The minimum Gasteiger partial charge on any atom is -0.355 e. The highest BCUT2D eigenvalue weighted by Crippen LogP contribution is 2.30. The van der Waals surface area contributed by atoms with Crippen molar-refractivity contribution in [2.45, 2.75) is 77.2 Å². The maximum atomic E-state index is 13.5. The van der Waals surface area contributed by atoms with Crippen molar-refractivity contribution in [1.29, 1.82) is 0 Å². The molecule has 2 heterocycles. The molecule has 34 heavy (non-hydrogen) atoms. The topological polar surface area (TPSA) is 92.5 Å². The molecule has 0 atom stereocenters. The molecule has 184 valence electrons. The lowest BCUT2D eigenvalue weighted by Crippen LogP contribution is -2.45. The van der Waals surface area contributed by atoms with Gasteiger partial charge in [0, 0.05) is 25.0 Å². The summed E-state index contributed by atoms with van der Waals surface area (Å²) in [5.74, 6) is 0.165. The van der Waals surface area contributed by atoms with E-state index in [-0.39, 0.29) is 28.5 Å². The third-order valence-corrected chi connectivity index (χ3v) is 9.15. The molecular formula is C26H35N3O4S. The third-order valence-electron chi connectivity index (χ3n) is 7.10.